The first-order valence-electron chi connectivity index (χ1n) is 3.32. The van der Waals surface area contributed by atoms with Crippen LogP contribution in [0, 0.1) is 6.29 Å². The van der Waals surface area contributed by atoms with E-state index in [2.05, 4.69) is 19.7 Å². The van der Waals surface area contributed by atoms with Crippen LogP contribution in [-0.2, 0) is 9.47 Å². The summed E-state index contributed by atoms with van der Waals surface area (Å²) < 4.78 is 10.1. The smallest absolute Gasteiger partial charge is 0.248 e. The predicted molar refractivity (Wildman–Crippen MR) is 45.7 cm³/mol. The Hall–Kier alpha value is -0.860. The maximum Gasteiger partial charge on any atom is 0.248 e. The van der Waals surface area contributed by atoms with Gasteiger partial charge in [-0.1, -0.05) is 18.7 Å². The van der Waals surface area contributed by atoms with Gasteiger partial charge in [0.1, 0.15) is 0 Å². The molecule has 0 N–H and O–H groups in total. The molecule has 0 unspecified atom stereocenters. The van der Waals surface area contributed by atoms with E-state index in [0.29, 0.717) is 19.5 Å². The third-order valence-electron chi connectivity index (χ3n) is 0.854. The van der Waals surface area contributed by atoms with Crippen LogP contribution in [0.25, 0.3) is 0 Å². The minimum atomic E-state index is 0.407. The Morgan fingerprint density at radius 3 is 1.73 bits per heavy atom. The van der Waals surface area contributed by atoms with Crippen LogP contribution in [-0.4, -0.2) is 13.2 Å². The van der Waals surface area contributed by atoms with E-state index >= 15 is 0 Å². The first-order chi connectivity index (χ1) is 5.35. The van der Waals surface area contributed by atoms with Crippen LogP contribution in [0.1, 0.15) is 0 Å². The summed E-state index contributed by atoms with van der Waals surface area (Å²) in [6, 6.07) is 0. The Morgan fingerprint density at radius 1 is 1.00 bits per heavy atom. The van der Waals surface area contributed by atoms with E-state index in [9.17, 15) is 0 Å². The van der Waals surface area contributed by atoms with Crippen LogP contribution in [0.3, 0.4) is 0 Å². The SMILES string of the molecule is C=CCO[C](C=C)OCC=C. The highest BCUT2D eigenvalue weighted by Gasteiger charge is 2.02. The lowest BCUT2D eigenvalue weighted by Gasteiger charge is -2.09. The Bertz CT molecular complexity index is 118. The van der Waals surface area contributed by atoms with Crippen molar-refractivity contribution in [3.05, 3.63) is 44.3 Å². The molecule has 0 aromatic rings. The summed E-state index contributed by atoms with van der Waals surface area (Å²) in [5.41, 5.74) is 0. The van der Waals surface area contributed by atoms with Gasteiger partial charge in [-0.15, -0.1) is 13.2 Å². The van der Waals surface area contributed by atoms with Gasteiger partial charge < -0.3 is 9.47 Å². The molecule has 0 saturated heterocycles. The van der Waals surface area contributed by atoms with E-state index in [1.165, 1.54) is 6.08 Å². The van der Waals surface area contributed by atoms with Crippen molar-refractivity contribution >= 4 is 0 Å². The summed E-state index contributed by atoms with van der Waals surface area (Å²) in [6.45, 7) is 11.4. The second-order valence-electron chi connectivity index (χ2n) is 1.72. The number of hydrogen-bond donors (Lipinski definition) is 0. The van der Waals surface area contributed by atoms with Crippen molar-refractivity contribution in [1.82, 2.24) is 0 Å². The first kappa shape index (κ1) is 10.1. The molecule has 61 valence electrons. The zero-order valence-electron chi connectivity index (χ0n) is 6.58. The lowest BCUT2D eigenvalue weighted by Crippen LogP contribution is -2.05. The Balaban J connectivity index is 3.47. The molecule has 0 aliphatic rings. The fraction of sp³-hybridized carbons (Fsp3) is 0.222. The summed E-state index contributed by atoms with van der Waals surface area (Å²) in [7, 11) is 0. The highest BCUT2D eigenvalue weighted by atomic mass is 16.7. The molecule has 0 amide bonds. The van der Waals surface area contributed by atoms with E-state index in [1.807, 2.05) is 0 Å². The van der Waals surface area contributed by atoms with E-state index in [-0.39, 0.29) is 0 Å². The lowest BCUT2D eigenvalue weighted by molar-refractivity contribution is 0.000303. The van der Waals surface area contributed by atoms with Crippen molar-refractivity contribution in [1.29, 1.82) is 0 Å². The zero-order chi connectivity index (χ0) is 8.53. The topological polar surface area (TPSA) is 18.5 Å². The van der Waals surface area contributed by atoms with E-state index < -0.39 is 0 Å². The minimum absolute atomic E-state index is 0.407. The Kier molecular flexibility index (Phi) is 6.68. The lowest BCUT2D eigenvalue weighted by atomic mass is 10.6. The molecule has 0 heterocycles. The summed E-state index contributed by atoms with van der Waals surface area (Å²) >= 11 is 0. The third-order valence-corrected chi connectivity index (χ3v) is 0.854. The van der Waals surface area contributed by atoms with Crippen molar-refractivity contribution in [2.24, 2.45) is 0 Å². The van der Waals surface area contributed by atoms with Crippen molar-refractivity contribution < 1.29 is 9.47 Å². The molecule has 2 nitrogen and oxygen atoms in total. The summed E-state index contributed by atoms with van der Waals surface area (Å²) in [6.07, 6.45) is 5.19. The van der Waals surface area contributed by atoms with Gasteiger partial charge in [-0.05, 0) is 6.08 Å². The summed E-state index contributed by atoms with van der Waals surface area (Å²) in [5, 5.41) is 0. The molecular weight excluding hydrogens is 140 g/mol. The van der Waals surface area contributed by atoms with Crippen molar-refractivity contribution in [2.45, 2.75) is 0 Å². The maximum atomic E-state index is 5.05. The van der Waals surface area contributed by atoms with Crippen LogP contribution in [0.5, 0.6) is 0 Å². The van der Waals surface area contributed by atoms with Gasteiger partial charge in [-0.3, -0.25) is 0 Å². The molecule has 1 radical (unpaired) electrons. The quantitative estimate of drug-likeness (QED) is 0.521. The van der Waals surface area contributed by atoms with Crippen LogP contribution < -0.4 is 0 Å². The van der Waals surface area contributed by atoms with Gasteiger partial charge in [0.2, 0.25) is 6.29 Å². The zero-order valence-corrected chi connectivity index (χ0v) is 6.58. The molecule has 0 aliphatic heterocycles. The van der Waals surface area contributed by atoms with Gasteiger partial charge >= 0.3 is 0 Å². The first-order valence-corrected chi connectivity index (χ1v) is 3.32. The largest absolute Gasteiger partial charge is 0.338 e. The van der Waals surface area contributed by atoms with Gasteiger partial charge in [0.05, 0.1) is 13.2 Å². The fourth-order valence-corrected chi connectivity index (χ4v) is 0.442. The molecule has 2 heteroatoms. The predicted octanol–water partition coefficient (Wildman–Crippen LogP) is 2.07. The van der Waals surface area contributed by atoms with Crippen LogP contribution in [0.15, 0.2) is 38.0 Å². The summed E-state index contributed by atoms with van der Waals surface area (Å²) in [4.78, 5) is 0. The van der Waals surface area contributed by atoms with E-state index in [1.54, 1.807) is 12.2 Å². The molecule has 0 saturated carbocycles. The second kappa shape index (κ2) is 7.25. The average molecular weight is 153 g/mol. The molecular formula is C9H13O2. The van der Waals surface area contributed by atoms with Crippen LogP contribution in [0.2, 0.25) is 0 Å². The van der Waals surface area contributed by atoms with Gasteiger partial charge in [-0.25, -0.2) is 0 Å². The van der Waals surface area contributed by atoms with E-state index in [4.69, 9.17) is 9.47 Å². The average Bonchev–Trinajstić information content (AvgIpc) is 2.05. The number of rotatable bonds is 7. The van der Waals surface area contributed by atoms with Gasteiger partial charge in [-0.2, -0.15) is 0 Å². The monoisotopic (exact) mass is 153 g/mol. The molecule has 0 bridgehead atoms. The number of ether oxygens (including phenoxy) is 2. The van der Waals surface area contributed by atoms with Crippen LogP contribution >= 0.6 is 0 Å². The fourth-order valence-electron chi connectivity index (χ4n) is 0.442. The maximum absolute atomic E-state index is 5.05. The third kappa shape index (κ3) is 5.58. The molecule has 0 aromatic carbocycles. The van der Waals surface area contributed by atoms with Crippen molar-refractivity contribution in [3.63, 3.8) is 0 Å². The minimum Gasteiger partial charge on any atom is -0.338 e. The van der Waals surface area contributed by atoms with Gasteiger partial charge in [0, 0.05) is 0 Å². The highest BCUT2D eigenvalue weighted by Crippen LogP contribution is 2.04. The second-order valence-corrected chi connectivity index (χ2v) is 1.72. The highest BCUT2D eigenvalue weighted by molar-refractivity contribution is 4.90. The van der Waals surface area contributed by atoms with Crippen molar-refractivity contribution in [2.75, 3.05) is 13.2 Å². The normalized spacial score (nSPS) is 9.55. The Labute approximate surface area is 67.8 Å². The molecule has 0 spiro atoms. The number of hydrogen-bond acceptors (Lipinski definition) is 2. The molecule has 0 rings (SSSR count). The van der Waals surface area contributed by atoms with Crippen LogP contribution in [0.4, 0.5) is 0 Å². The van der Waals surface area contributed by atoms with Gasteiger partial charge in [0.25, 0.3) is 0 Å². The molecule has 11 heavy (non-hydrogen) atoms. The molecule has 0 fully saturated rings. The summed E-state index contributed by atoms with van der Waals surface area (Å²) in [5.74, 6) is 0. The standard InChI is InChI=1S/C9H13O2/c1-4-7-10-9(6-3)11-8-5-2/h4-6H,1-3,7-8H2. The molecule has 0 aromatic heterocycles. The molecule has 0 atom stereocenters. The van der Waals surface area contributed by atoms with E-state index in [0.717, 1.165) is 0 Å². The van der Waals surface area contributed by atoms with Crippen molar-refractivity contribution in [3.8, 4) is 0 Å². The Morgan fingerprint density at radius 2 is 1.45 bits per heavy atom. The molecule has 0 aliphatic carbocycles. The van der Waals surface area contributed by atoms with Gasteiger partial charge in [0.15, 0.2) is 0 Å².